The van der Waals surface area contributed by atoms with Crippen molar-refractivity contribution in [1.29, 1.82) is 0 Å². The molecular weight excluding hydrogens is 210 g/mol. The monoisotopic (exact) mass is 229 g/mol. The van der Waals surface area contributed by atoms with E-state index in [2.05, 4.69) is 37.9 Å². The van der Waals surface area contributed by atoms with E-state index in [1.807, 2.05) is 13.0 Å². The molecule has 0 unspecified atom stereocenters. The van der Waals surface area contributed by atoms with Gasteiger partial charge >= 0.3 is 0 Å². The predicted octanol–water partition coefficient (Wildman–Crippen LogP) is 3.44. The maximum absolute atomic E-state index is 11.5. The molecule has 0 amide bonds. The Morgan fingerprint density at radius 2 is 1.94 bits per heavy atom. The first-order valence-corrected chi connectivity index (χ1v) is 5.98. The summed E-state index contributed by atoms with van der Waals surface area (Å²) in [5, 5.41) is 0. The van der Waals surface area contributed by atoms with Crippen molar-refractivity contribution >= 4 is 5.57 Å². The Bertz CT molecular complexity index is 559. The largest absolute Gasteiger partial charge is 0.322 e. The van der Waals surface area contributed by atoms with Crippen LogP contribution in [0.2, 0.25) is 0 Å². The molecule has 0 aliphatic heterocycles. The lowest BCUT2D eigenvalue weighted by atomic mass is 9.79. The summed E-state index contributed by atoms with van der Waals surface area (Å²) in [5.41, 5.74) is 4.61. The van der Waals surface area contributed by atoms with Gasteiger partial charge < -0.3 is 4.98 Å². The van der Waals surface area contributed by atoms with Gasteiger partial charge in [-0.3, -0.25) is 4.79 Å². The van der Waals surface area contributed by atoms with Crippen molar-refractivity contribution in [3.05, 3.63) is 51.5 Å². The molecule has 0 aromatic carbocycles. The molecule has 0 saturated carbocycles. The number of aromatic nitrogens is 1. The minimum atomic E-state index is -0.0291. The first-order chi connectivity index (χ1) is 7.87. The Morgan fingerprint density at radius 1 is 1.24 bits per heavy atom. The Hall–Kier alpha value is -1.57. The zero-order chi connectivity index (χ0) is 12.6. The number of hydrogen-bond acceptors (Lipinski definition) is 1. The molecule has 0 spiro atoms. The first-order valence-electron chi connectivity index (χ1n) is 5.98. The molecular formula is C15H19NO. The van der Waals surface area contributed by atoms with Crippen LogP contribution in [0.4, 0.5) is 0 Å². The van der Waals surface area contributed by atoms with Crippen molar-refractivity contribution in [3.8, 4) is 0 Å². The van der Waals surface area contributed by atoms with Gasteiger partial charge in [0, 0.05) is 11.8 Å². The van der Waals surface area contributed by atoms with Gasteiger partial charge in [-0.05, 0) is 42.9 Å². The summed E-state index contributed by atoms with van der Waals surface area (Å²) in [4.78, 5) is 14.4. The normalized spacial score (nSPS) is 18.6. The van der Waals surface area contributed by atoms with E-state index < -0.39 is 0 Å². The van der Waals surface area contributed by atoms with Crippen molar-refractivity contribution in [2.45, 2.75) is 34.1 Å². The summed E-state index contributed by atoms with van der Waals surface area (Å²) in [6.45, 7) is 8.54. The van der Waals surface area contributed by atoms with E-state index in [-0.39, 0.29) is 11.0 Å². The molecule has 0 radical (unpaired) electrons. The van der Waals surface area contributed by atoms with E-state index in [1.165, 1.54) is 5.57 Å². The van der Waals surface area contributed by atoms with Gasteiger partial charge in [0.05, 0.1) is 0 Å². The van der Waals surface area contributed by atoms with Gasteiger partial charge in [-0.15, -0.1) is 0 Å². The number of nitrogens with one attached hydrogen (secondary N) is 1. The fourth-order valence-corrected chi connectivity index (χ4v) is 2.43. The van der Waals surface area contributed by atoms with Crippen LogP contribution in [0, 0.1) is 12.3 Å². The van der Waals surface area contributed by atoms with Crippen molar-refractivity contribution in [2.24, 2.45) is 5.41 Å². The Kier molecular flexibility index (Phi) is 2.82. The number of hydrogen-bond donors (Lipinski definition) is 1. The molecule has 2 nitrogen and oxygen atoms in total. The lowest BCUT2D eigenvalue weighted by molar-refractivity contribution is 0.472. The van der Waals surface area contributed by atoms with E-state index in [0.717, 1.165) is 23.3 Å². The van der Waals surface area contributed by atoms with Crippen LogP contribution in [0.3, 0.4) is 0 Å². The van der Waals surface area contributed by atoms with Gasteiger partial charge in [0.25, 0.3) is 0 Å². The molecule has 2 heteroatoms. The predicted molar refractivity (Wildman–Crippen MR) is 71.9 cm³/mol. The molecule has 2 rings (SSSR count). The van der Waals surface area contributed by atoms with Crippen LogP contribution >= 0.6 is 0 Å². The quantitative estimate of drug-likeness (QED) is 0.786. The smallest absolute Gasteiger partial charge is 0.248 e. The van der Waals surface area contributed by atoms with Crippen LogP contribution in [0.1, 0.15) is 38.4 Å². The highest BCUT2D eigenvalue weighted by molar-refractivity contribution is 5.75. The molecule has 17 heavy (non-hydrogen) atoms. The molecule has 0 atom stereocenters. The Morgan fingerprint density at radius 3 is 2.53 bits per heavy atom. The van der Waals surface area contributed by atoms with E-state index >= 15 is 0 Å². The zero-order valence-corrected chi connectivity index (χ0v) is 10.9. The van der Waals surface area contributed by atoms with E-state index in [9.17, 15) is 4.79 Å². The van der Waals surface area contributed by atoms with Crippen LogP contribution in [0.25, 0.3) is 5.57 Å². The number of aromatic amines is 1. The molecule has 1 heterocycles. The van der Waals surface area contributed by atoms with E-state index in [1.54, 1.807) is 6.07 Å². The van der Waals surface area contributed by atoms with Crippen LogP contribution in [0.5, 0.6) is 0 Å². The molecule has 1 aromatic rings. The summed E-state index contributed by atoms with van der Waals surface area (Å²) in [6, 6.07) is 3.65. The second-order valence-electron chi connectivity index (χ2n) is 5.63. The highest BCUT2D eigenvalue weighted by Crippen LogP contribution is 2.36. The number of pyridine rings is 1. The summed E-state index contributed by atoms with van der Waals surface area (Å²) in [6.07, 6.45) is 5.38. The average Bonchev–Trinajstić information content (AvgIpc) is 2.13. The molecule has 0 bridgehead atoms. The lowest BCUT2D eigenvalue weighted by Crippen LogP contribution is -2.14. The number of allylic oxidation sites excluding steroid dienone is 4. The van der Waals surface area contributed by atoms with Crippen LogP contribution < -0.4 is 5.56 Å². The van der Waals surface area contributed by atoms with Crippen molar-refractivity contribution in [3.63, 3.8) is 0 Å². The number of rotatable bonds is 1. The molecule has 1 N–H and O–H groups in total. The second kappa shape index (κ2) is 4.02. The summed E-state index contributed by atoms with van der Waals surface area (Å²) >= 11 is 0. The van der Waals surface area contributed by atoms with Crippen LogP contribution in [-0.4, -0.2) is 4.98 Å². The van der Waals surface area contributed by atoms with Gasteiger partial charge in [-0.1, -0.05) is 31.6 Å². The number of H-pyrrole nitrogens is 1. The van der Waals surface area contributed by atoms with E-state index in [0.29, 0.717) is 0 Å². The third kappa shape index (κ3) is 2.57. The third-order valence-corrected chi connectivity index (χ3v) is 3.16. The minimum Gasteiger partial charge on any atom is -0.322 e. The zero-order valence-electron chi connectivity index (χ0n) is 10.9. The van der Waals surface area contributed by atoms with Gasteiger partial charge in [-0.2, -0.15) is 0 Å². The van der Waals surface area contributed by atoms with Crippen LogP contribution in [0.15, 0.2) is 34.7 Å². The molecule has 1 aromatic heterocycles. The van der Waals surface area contributed by atoms with Gasteiger partial charge in [0.15, 0.2) is 0 Å². The second-order valence-corrected chi connectivity index (χ2v) is 5.63. The fraction of sp³-hybridized carbons (Fsp3) is 0.400. The average molecular weight is 229 g/mol. The van der Waals surface area contributed by atoms with Gasteiger partial charge in [-0.25, -0.2) is 0 Å². The Balaban J connectivity index is 2.48. The topological polar surface area (TPSA) is 32.9 Å². The van der Waals surface area contributed by atoms with E-state index in [4.69, 9.17) is 0 Å². The van der Waals surface area contributed by atoms with Crippen molar-refractivity contribution in [2.75, 3.05) is 0 Å². The molecule has 1 aliphatic rings. The lowest BCUT2D eigenvalue weighted by Gasteiger charge is -2.26. The number of aryl methyl sites for hydroxylation is 1. The SMILES string of the molecule is CC1=C(c2cc(C)cc(=O)[nH]2)C=CC(C)(C)C1. The molecule has 0 fully saturated rings. The third-order valence-electron chi connectivity index (χ3n) is 3.16. The maximum Gasteiger partial charge on any atom is 0.248 e. The summed E-state index contributed by atoms with van der Waals surface area (Å²) in [7, 11) is 0. The highest BCUT2D eigenvalue weighted by Gasteiger charge is 2.21. The van der Waals surface area contributed by atoms with Gasteiger partial charge in [0.1, 0.15) is 0 Å². The Labute approximate surface area is 102 Å². The maximum atomic E-state index is 11.5. The fourth-order valence-electron chi connectivity index (χ4n) is 2.43. The first kappa shape index (κ1) is 11.9. The summed E-state index contributed by atoms with van der Waals surface area (Å²) < 4.78 is 0. The molecule has 1 aliphatic carbocycles. The molecule has 90 valence electrons. The van der Waals surface area contributed by atoms with Crippen molar-refractivity contribution < 1.29 is 0 Å². The highest BCUT2D eigenvalue weighted by atomic mass is 16.1. The standard InChI is InChI=1S/C15H19NO/c1-10-7-13(16-14(17)8-10)12-5-6-15(3,4)9-11(12)2/h5-8H,9H2,1-4H3,(H,16,17). The summed E-state index contributed by atoms with van der Waals surface area (Å²) in [5.74, 6) is 0. The minimum absolute atomic E-state index is 0.0291. The van der Waals surface area contributed by atoms with Gasteiger partial charge in [0.2, 0.25) is 5.56 Å². The molecule has 0 saturated heterocycles. The van der Waals surface area contributed by atoms with Crippen molar-refractivity contribution in [1.82, 2.24) is 4.98 Å². The van der Waals surface area contributed by atoms with Crippen LogP contribution in [-0.2, 0) is 0 Å².